The first-order chi connectivity index (χ1) is 6.52. The molecule has 0 aliphatic heterocycles. The fraction of sp³-hybridized carbons (Fsp3) is 0.375. The first-order valence-corrected chi connectivity index (χ1v) is 5.45. The molecule has 5 nitrogen and oxygen atoms in total. The summed E-state index contributed by atoms with van der Waals surface area (Å²) in [5.41, 5.74) is 0. The monoisotopic (exact) mass is 219 g/mol. The van der Waals surface area contributed by atoms with Gasteiger partial charge in [0.05, 0.1) is 0 Å². The van der Waals surface area contributed by atoms with Crippen molar-refractivity contribution >= 4 is 10.1 Å². The summed E-state index contributed by atoms with van der Waals surface area (Å²) in [4.78, 5) is 3.41. The first-order valence-electron chi connectivity index (χ1n) is 4.01. The van der Waals surface area contributed by atoms with E-state index in [1.54, 1.807) is 6.07 Å². The molecule has 1 aromatic heterocycles. The Bertz CT molecular complexity index is 334. The van der Waals surface area contributed by atoms with Crippen molar-refractivity contribution in [1.82, 2.24) is 4.98 Å². The van der Waals surface area contributed by atoms with E-state index in [1.165, 1.54) is 18.3 Å². The van der Waals surface area contributed by atoms with Crippen LogP contribution in [0.2, 0.25) is 0 Å². The Labute approximate surface area is 83.2 Å². The molecule has 0 radical (unpaired) electrons. The summed E-state index contributed by atoms with van der Waals surface area (Å²) < 4.78 is 29.1. The summed E-state index contributed by atoms with van der Waals surface area (Å²) in [5.74, 6) is 0. The molecule has 0 fully saturated rings. The summed E-state index contributed by atoms with van der Waals surface area (Å²) >= 11 is 0. The van der Waals surface area contributed by atoms with Gasteiger partial charge in [-0.15, -0.1) is 0 Å². The summed E-state index contributed by atoms with van der Waals surface area (Å²) in [6, 6.07) is 4.26. The molecule has 14 heavy (non-hydrogen) atoms. The minimum Gasteiger partial charge on any atom is -0.396 e. The van der Waals surface area contributed by atoms with Gasteiger partial charge in [-0.1, -0.05) is 13.0 Å². The summed E-state index contributed by atoms with van der Waals surface area (Å²) in [7, 11) is -4.11. The highest BCUT2D eigenvalue weighted by molar-refractivity contribution is 7.85. The van der Waals surface area contributed by atoms with Crippen LogP contribution in [0.1, 0.15) is 13.3 Å². The van der Waals surface area contributed by atoms with Crippen LogP contribution in [0.4, 0.5) is 0 Å². The molecule has 2 N–H and O–H groups in total. The lowest BCUT2D eigenvalue weighted by molar-refractivity contribution is 0.295. The van der Waals surface area contributed by atoms with E-state index in [0.717, 1.165) is 6.42 Å². The quantitative estimate of drug-likeness (QED) is 0.715. The van der Waals surface area contributed by atoms with Gasteiger partial charge >= 0.3 is 10.1 Å². The third-order valence-electron chi connectivity index (χ3n) is 1.13. The lowest BCUT2D eigenvalue weighted by atomic mass is 10.5. The van der Waals surface area contributed by atoms with Gasteiger partial charge in [0.25, 0.3) is 0 Å². The van der Waals surface area contributed by atoms with Crippen LogP contribution in [-0.2, 0) is 10.1 Å². The molecule has 1 rings (SSSR count). The number of aromatic nitrogens is 1. The number of hydrogen-bond donors (Lipinski definition) is 2. The third-order valence-corrected chi connectivity index (χ3v) is 1.90. The Morgan fingerprint density at radius 2 is 2.00 bits per heavy atom. The maximum atomic E-state index is 10.3. The topological polar surface area (TPSA) is 87.5 Å². The van der Waals surface area contributed by atoms with E-state index in [9.17, 15) is 8.42 Å². The number of hydrogen-bond acceptors (Lipinski definition) is 4. The molecule has 80 valence electrons. The van der Waals surface area contributed by atoms with Crippen LogP contribution < -0.4 is 0 Å². The van der Waals surface area contributed by atoms with E-state index in [4.69, 9.17) is 9.66 Å². The van der Waals surface area contributed by atoms with Gasteiger partial charge in [0.1, 0.15) is 0 Å². The molecule has 0 saturated carbocycles. The Hall–Kier alpha value is -0.980. The summed E-state index contributed by atoms with van der Waals surface area (Å²) in [6.45, 7) is 2.25. The molecule has 6 heteroatoms. The molecule has 1 heterocycles. The van der Waals surface area contributed by atoms with Crippen LogP contribution in [-0.4, -0.2) is 29.7 Å². The predicted octanol–water partition coefficient (Wildman–Crippen LogP) is 0.717. The predicted molar refractivity (Wildman–Crippen MR) is 51.4 cm³/mol. The van der Waals surface area contributed by atoms with Crippen LogP contribution in [0.5, 0.6) is 0 Å². The fourth-order valence-corrected chi connectivity index (χ4v) is 0.944. The second kappa shape index (κ2) is 6.47. The van der Waals surface area contributed by atoms with Gasteiger partial charge in [0, 0.05) is 12.8 Å². The maximum Gasteiger partial charge on any atom is 0.312 e. The van der Waals surface area contributed by atoms with Gasteiger partial charge in [-0.25, -0.2) is 4.98 Å². The first kappa shape index (κ1) is 13.0. The standard InChI is InChI=1S/C5H5NO3S.C3H8O/c7-10(8,9)5-3-1-2-4-6-5;1-2-3-4/h1-4H,(H,7,8,9);4H,2-3H2,1H3. The lowest BCUT2D eigenvalue weighted by Crippen LogP contribution is -1.99. The molecule has 0 spiro atoms. The summed E-state index contributed by atoms with van der Waals surface area (Å²) in [5, 5.41) is 7.55. The number of aliphatic hydroxyl groups is 1. The minimum atomic E-state index is -4.11. The van der Waals surface area contributed by atoms with Gasteiger partial charge in [-0.2, -0.15) is 8.42 Å². The fourth-order valence-electron chi connectivity index (χ4n) is 0.500. The Morgan fingerprint density at radius 1 is 1.43 bits per heavy atom. The summed E-state index contributed by atoms with van der Waals surface area (Å²) in [6.07, 6.45) is 2.17. The molecule has 0 aromatic carbocycles. The van der Waals surface area contributed by atoms with Gasteiger partial charge in [-0.3, -0.25) is 4.55 Å². The Balaban J connectivity index is 0.000000364. The van der Waals surface area contributed by atoms with E-state index >= 15 is 0 Å². The molecule has 0 saturated heterocycles. The Kier molecular flexibility index (Phi) is 6.02. The largest absolute Gasteiger partial charge is 0.396 e. The zero-order chi connectivity index (χ0) is 11.0. The van der Waals surface area contributed by atoms with Gasteiger partial charge in [0.15, 0.2) is 5.03 Å². The molecule has 0 atom stereocenters. The molecule has 0 aliphatic rings. The Morgan fingerprint density at radius 3 is 2.21 bits per heavy atom. The van der Waals surface area contributed by atoms with Gasteiger partial charge in [-0.05, 0) is 18.6 Å². The molecule has 0 aliphatic carbocycles. The van der Waals surface area contributed by atoms with Crippen molar-refractivity contribution in [2.45, 2.75) is 18.4 Å². The molecule has 0 amide bonds. The van der Waals surface area contributed by atoms with Crippen molar-refractivity contribution in [3.8, 4) is 0 Å². The van der Waals surface area contributed by atoms with Crippen molar-refractivity contribution in [3.63, 3.8) is 0 Å². The average molecular weight is 219 g/mol. The van der Waals surface area contributed by atoms with E-state index in [2.05, 4.69) is 4.98 Å². The smallest absolute Gasteiger partial charge is 0.312 e. The molecular weight excluding hydrogens is 206 g/mol. The number of nitrogens with zero attached hydrogens (tertiary/aromatic N) is 1. The number of aliphatic hydroxyl groups excluding tert-OH is 1. The zero-order valence-electron chi connectivity index (χ0n) is 7.79. The van der Waals surface area contributed by atoms with Crippen LogP contribution in [0, 0.1) is 0 Å². The van der Waals surface area contributed by atoms with E-state index in [1.807, 2.05) is 6.92 Å². The van der Waals surface area contributed by atoms with Crippen LogP contribution in [0.3, 0.4) is 0 Å². The van der Waals surface area contributed by atoms with Crippen molar-refractivity contribution < 1.29 is 18.1 Å². The van der Waals surface area contributed by atoms with Crippen LogP contribution >= 0.6 is 0 Å². The van der Waals surface area contributed by atoms with Crippen LogP contribution in [0.15, 0.2) is 29.4 Å². The highest BCUT2D eigenvalue weighted by atomic mass is 32.2. The van der Waals surface area contributed by atoms with E-state index in [0.29, 0.717) is 6.61 Å². The van der Waals surface area contributed by atoms with Gasteiger partial charge in [0.2, 0.25) is 0 Å². The van der Waals surface area contributed by atoms with Crippen molar-refractivity contribution in [2.24, 2.45) is 0 Å². The van der Waals surface area contributed by atoms with Crippen molar-refractivity contribution in [1.29, 1.82) is 0 Å². The van der Waals surface area contributed by atoms with Crippen molar-refractivity contribution in [2.75, 3.05) is 6.61 Å². The highest BCUT2D eigenvalue weighted by Gasteiger charge is 2.07. The SMILES string of the molecule is CCCO.O=S(=O)(O)c1ccccn1. The molecule has 0 bridgehead atoms. The molecular formula is C8H13NO4S. The number of rotatable bonds is 2. The van der Waals surface area contributed by atoms with E-state index < -0.39 is 10.1 Å². The number of pyridine rings is 1. The second-order valence-electron chi connectivity index (χ2n) is 2.37. The lowest BCUT2D eigenvalue weighted by Gasteiger charge is -1.91. The minimum absolute atomic E-state index is 0.319. The third kappa shape index (κ3) is 5.63. The molecule has 0 unspecified atom stereocenters. The zero-order valence-corrected chi connectivity index (χ0v) is 8.61. The molecule has 1 aromatic rings. The van der Waals surface area contributed by atoms with Gasteiger partial charge < -0.3 is 5.11 Å². The highest BCUT2D eigenvalue weighted by Crippen LogP contribution is 2.00. The normalized spacial score (nSPS) is 10.2. The van der Waals surface area contributed by atoms with Crippen LogP contribution in [0.25, 0.3) is 0 Å². The average Bonchev–Trinajstić information content (AvgIpc) is 2.18. The second-order valence-corrected chi connectivity index (χ2v) is 3.74. The van der Waals surface area contributed by atoms with Crippen molar-refractivity contribution in [3.05, 3.63) is 24.4 Å². The van der Waals surface area contributed by atoms with E-state index in [-0.39, 0.29) is 5.03 Å². The maximum absolute atomic E-state index is 10.3.